The first-order valence-electron chi connectivity index (χ1n) is 6.44. The highest BCUT2D eigenvalue weighted by molar-refractivity contribution is 5.79. The fourth-order valence-corrected chi connectivity index (χ4v) is 1.34. The number of carbonyl (C=O) groups is 2. The van der Waals surface area contributed by atoms with E-state index in [9.17, 15) is 22.8 Å². The lowest BCUT2D eigenvalue weighted by molar-refractivity contribution is -0.146. The molecular weight excluding hydrogens is 301 g/mol. The standard InChI is InChI=1S/C15H15F3O4/c1-9(2)7-8-21-12(19)5-6-13(20)22-11-4-3-10(16)14(17)15(11)18/h3-4,7H,5-6,8H2,1-2H3. The summed E-state index contributed by atoms with van der Waals surface area (Å²) >= 11 is 0. The highest BCUT2D eigenvalue weighted by Gasteiger charge is 2.17. The third kappa shape index (κ3) is 5.59. The van der Waals surface area contributed by atoms with Gasteiger partial charge in [-0.25, -0.2) is 8.78 Å². The van der Waals surface area contributed by atoms with Crippen molar-refractivity contribution in [3.05, 3.63) is 41.2 Å². The Bertz CT molecular complexity index is 593. The maximum Gasteiger partial charge on any atom is 0.311 e. The number of rotatable bonds is 6. The van der Waals surface area contributed by atoms with Gasteiger partial charge in [0.05, 0.1) is 12.8 Å². The van der Waals surface area contributed by atoms with Crippen LogP contribution in [0, 0.1) is 17.5 Å². The molecular formula is C15H15F3O4. The molecule has 22 heavy (non-hydrogen) atoms. The summed E-state index contributed by atoms with van der Waals surface area (Å²) in [5, 5.41) is 0. The molecule has 0 radical (unpaired) electrons. The van der Waals surface area contributed by atoms with E-state index in [0.717, 1.165) is 11.6 Å². The van der Waals surface area contributed by atoms with Gasteiger partial charge in [-0.2, -0.15) is 4.39 Å². The van der Waals surface area contributed by atoms with Crippen molar-refractivity contribution >= 4 is 11.9 Å². The number of halogens is 3. The molecule has 7 heteroatoms. The quantitative estimate of drug-likeness (QED) is 0.350. The lowest BCUT2D eigenvalue weighted by Gasteiger charge is -2.06. The molecule has 4 nitrogen and oxygen atoms in total. The summed E-state index contributed by atoms with van der Waals surface area (Å²) in [5.41, 5.74) is 0.973. The second kappa shape index (κ2) is 8.21. The minimum Gasteiger partial charge on any atom is -0.461 e. The van der Waals surface area contributed by atoms with E-state index < -0.39 is 35.1 Å². The molecule has 0 saturated heterocycles. The summed E-state index contributed by atoms with van der Waals surface area (Å²) < 4.78 is 48.3. The highest BCUT2D eigenvalue weighted by Crippen LogP contribution is 2.22. The van der Waals surface area contributed by atoms with Gasteiger partial charge in [-0.3, -0.25) is 9.59 Å². The molecule has 1 aromatic carbocycles. The van der Waals surface area contributed by atoms with Crippen molar-refractivity contribution in [2.45, 2.75) is 26.7 Å². The summed E-state index contributed by atoms with van der Waals surface area (Å²) in [5.74, 6) is -7.03. The Morgan fingerprint density at radius 2 is 1.68 bits per heavy atom. The Hall–Kier alpha value is -2.31. The van der Waals surface area contributed by atoms with Crippen LogP contribution in [0.3, 0.4) is 0 Å². The first kappa shape index (κ1) is 17.7. The third-order valence-corrected chi connectivity index (χ3v) is 2.49. The van der Waals surface area contributed by atoms with Crippen LogP contribution in [0.4, 0.5) is 13.2 Å². The summed E-state index contributed by atoms with van der Waals surface area (Å²) in [4.78, 5) is 22.7. The van der Waals surface area contributed by atoms with E-state index in [-0.39, 0.29) is 19.4 Å². The van der Waals surface area contributed by atoms with Crippen molar-refractivity contribution in [1.82, 2.24) is 0 Å². The van der Waals surface area contributed by atoms with Crippen LogP contribution in [0.15, 0.2) is 23.8 Å². The van der Waals surface area contributed by atoms with Crippen LogP contribution >= 0.6 is 0 Å². The smallest absolute Gasteiger partial charge is 0.311 e. The van der Waals surface area contributed by atoms with E-state index in [1.807, 2.05) is 13.8 Å². The highest BCUT2D eigenvalue weighted by atomic mass is 19.2. The van der Waals surface area contributed by atoms with E-state index in [4.69, 9.17) is 4.74 Å². The molecule has 0 atom stereocenters. The average molecular weight is 316 g/mol. The van der Waals surface area contributed by atoms with Gasteiger partial charge in [0.2, 0.25) is 5.82 Å². The van der Waals surface area contributed by atoms with Crippen LogP contribution in [-0.4, -0.2) is 18.5 Å². The Morgan fingerprint density at radius 1 is 1.05 bits per heavy atom. The molecule has 120 valence electrons. The first-order valence-corrected chi connectivity index (χ1v) is 6.44. The normalized spacial score (nSPS) is 10.0. The topological polar surface area (TPSA) is 52.6 Å². The van der Waals surface area contributed by atoms with Crippen molar-refractivity contribution in [1.29, 1.82) is 0 Å². The molecule has 0 aliphatic heterocycles. The van der Waals surface area contributed by atoms with Gasteiger partial charge in [-0.1, -0.05) is 5.57 Å². The van der Waals surface area contributed by atoms with Gasteiger partial charge in [0, 0.05) is 0 Å². The SMILES string of the molecule is CC(C)=CCOC(=O)CCC(=O)Oc1ccc(F)c(F)c1F. The number of hydrogen-bond acceptors (Lipinski definition) is 4. The summed E-state index contributed by atoms with van der Waals surface area (Å²) in [6.45, 7) is 3.76. The maximum absolute atomic E-state index is 13.3. The van der Waals surface area contributed by atoms with Gasteiger partial charge in [0.25, 0.3) is 0 Å². The molecule has 0 spiro atoms. The molecule has 0 N–H and O–H groups in total. The molecule has 0 aliphatic carbocycles. The minimum absolute atomic E-state index is 0.0913. The van der Waals surface area contributed by atoms with Gasteiger partial charge in [0.1, 0.15) is 6.61 Å². The lowest BCUT2D eigenvalue weighted by atomic mass is 10.3. The van der Waals surface area contributed by atoms with E-state index in [1.54, 1.807) is 6.08 Å². The Labute approximate surface area is 125 Å². The molecule has 0 amide bonds. The van der Waals surface area contributed by atoms with Crippen molar-refractivity contribution in [3.63, 3.8) is 0 Å². The first-order chi connectivity index (χ1) is 10.3. The van der Waals surface area contributed by atoms with Crippen LogP contribution in [0.2, 0.25) is 0 Å². The Morgan fingerprint density at radius 3 is 2.32 bits per heavy atom. The second-order valence-corrected chi connectivity index (χ2v) is 4.61. The zero-order valence-corrected chi connectivity index (χ0v) is 12.1. The third-order valence-electron chi connectivity index (χ3n) is 2.49. The number of carbonyl (C=O) groups excluding carboxylic acids is 2. The van der Waals surface area contributed by atoms with Gasteiger partial charge >= 0.3 is 11.9 Å². The maximum atomic E-state index is 13.3. The summed E-state index contributed by atoms with van der Waals surface area (Å²) in [6.07, 6.45) is 1.06. The van der Waals surface area contributed by atoms with Crippen LogP contribution in [0.5, 0.6) is 5.75 Å². The molecule has 1 rings (SSSR count). The molecule has 0 fully saturated rings. The van der Waals surface area contributed by atoms with Crippen molar-refractivity contribution in [2.24, 2.45) is 0 Å². The molecule has 1 aromatic rings. The van der Waals surface area contributed by atoms with Crippen molar-refractivity contribution in [2.75, 3.05) is 6.61 Å². The second-order valence-electron chi connectivity index (χ2n) is 4.61. The van der Waals surface area contributed by atoms with Gasteiger partial charge < -0.3 is 9.47 Å². The van der Waals surface area contributed by atoms with Gasteiger partial charge in [-0.15, -0.1) is 0 Å². The number of hydrogen-bond donors (Lipinski definition) is 0. The molecule has 0 heterocycles. The number of benzene rings is 1. The van der Waals surface area contributed by atoms with Gasteiger partial charge in [0.15, 0.2) is 17.4 Å². The molecule has 0 aliphatic rings. The Balaban J connectivity index is 2.46. The Kier molecular flexibility index (Phi) is 6.62. The molecule has 0 aromatic heterocycles. The number of ether oxygens (including phenoxy) is 2. The average Bonchev–Trinajstić information content (AvgIpc) is 2.45. The van der Waals surface area contributed by atoms with Crippen LogP contribution in [0.25, 0.3) is 0 Å². The predicted molar refractivity (Wildman–Crippen MR) is 71.6 cm³/mol. The monoisotopic (exact) mass is 316 g/mol. The van der Waals surface area contributed by atoms with E-state index >= 15 is 0 Å². The number of esters is 2. The van der Waals surface area contributed by atoms with Gasteiger partial charge in [-0.05, 0) is 32.1 Å². The minimum atomic E-state index is -1.73. The fourth-order valence-electron chi connectivity index (χ4n) is 1.34. The van der Waals surface area contributed by atoms with E-state index in [2.05, 4.69) is 4.74 Å². The zero-order chi connectivity index (χ0) is 16.7. The number of allylic oxidation sites excluding steroid dienone is 1. The zero-order valence-electron chi connectivity index (χ0n) is 12.1. The molecule has 0 saturated carbocycles. The van der Waals surface area contributed by atoms with Crippen LogP contribution in [0.1, 0.15) is 26.7 Å². The summed E-state index contributed by atoms with van der Waals surface area (Å²) in [6, 6.07) is 1.42. The molecule has 0 bridgehead atoms. The largest absolute Gasteiger partial charge is 0.461 e. The van der Waals surface area contributed by atoms with E-state index in [0.29, 0.717) is 6.07 Å². The fraction of sp³-hybridized carbons (Fsp3) is 0.333. The van der Waals surface area contributed by atoms with Crippen molar-refractivity contribution in [3.8, 4) is 5.75 Å². The van der Waals surface area contributed by atoms with Crippen LogP contribution < -0.4 is 4.74 Å². The van der Waals surface area contributed by atoms with Crippen LogP contribution in [-0.2, 0) is 14.3 Å². The molecule has 0 unspecified atom stereocenters. The lowest BCUT2D eigenvalue weighted by Crippen LogP contribution is -2.13. The predicted octanol–water partition coefficient (Wildman–Crippen LogP) is 3.30. The van der Waals surface area contributed by atoms with E-state index in [1.165, 1.54) is 0 Å². The van der Waals surface area contributed by atoms with Crippen molar-refractivity contribution < 1.29 is 32.2 Å². The summed E-state index contributed by atoms with van der Waals surface area (Å²) in [7, 11) is 0.